The highest BCUT2D eigenvalue weighted by Crippen LogP contribution is 2.43. The lowest BCUT2D eigenvalue weighted by Crippen LogP contribution is -2.08. The van der Waals surface area contributed by atoms with Crippen LogP contribution in [0.25, 0.3) is 0 Å². The van der Waals surface area contributed by atoms with Crippen LogP contribution in [0, 0.1) is 23.7 Å². The molecule has 0 aliphatic carbocycles. The van der Waals surface area contributed by atoms with Crippen LogP contribution in [0.3, 0.4) is 0 Å². The Morgan fingerprint density at radius 3 is 1.94 bits per heavy atom. The second-order valence-corrected chi connectivity index (χ2v) is 9.48. The van der Waals surface area contributed by atoms with Crippen LogP contribution in [0.5, 0.6) is 0 Å². The smallest absolute Gasteiger partial charge is 0.0428 e. The fourth-order valence-corrected chi connectivity index (χ4v) is 4.59. The van der Waals surface area contributed by atoms with E-state index in [0.717, 1.165) is 38.0 Å². The van der Waals surface area contributed by atoms with Crippen LogP contribution >= 0.6 is 6.04 Å². The molecule has 0 bridgehead atoms. The maximum absolute atomic E-state index is 5.92. The molecule has 1 heterocycles. The molecule has 2 rings (SSSR count). The molecule has 0 nitrogen and oxygen atoms in total. The van der Waals surface area contributed by atoms with Crippen molar-refractivity contribution in [1.82, 2.24) is 0 Å². The lowest BCUT2D eigenvalue weighted by atomic mass is 10.2. The Kier molecular flexibility index (Phi) is 5.07. The third-order valence-corrected chi connectivity index (χ3v) is 6.98. The molecule has 92 valence electrons. The maximum atomic E-state index is 5.92. The van der Waals surface area contributed by atoms with Gasteiger partial charge in [-0.1, -0.05) is 54.0 Å². The SMILES string of the molecule is S=P1(c2ccccc2)CC#CCCCCC#CC1. The van der Waals surface area contributed by atoms with E-state index < -0.39 is 6.04 Å². The summed E-state index contributed by atoms with van der Waals surface area (Å²) < 4.78 is 0. The number of hydrogen-bond donors (Lipinski definition) is 0. The Bertz CT molecular complexity index is 521. The second kappa shape index (κ2) is 6.80. The van der Waals surface area contributed by atoms with Crippen LogP contribution in [0.1, 0.15) is 25.7 Å². The summed E-state index contributed by atoms with van der Waals surface area (Å²) in [6, 6.07) is 8.83. The largest absolute Gasteiger partial charge is 0.103 e. The van der Waals surface area contributed by atoms with Gasteiger partial charge in [-0.25, -0.2) is 0 Å². The molecule has 0 atom stereocenters. The van der Waals surface area contributed by atoms with E-state index in [1.807, 2.05) is 6.07 Å². The van der Waals surface area contributed by atoms with Crippen LogP contribution in [0.4, 0.5) is 0 Å². The topological polar surface area (TPSA) is 0 Å². The van der Waals surface area contributed by atoms with Gasteiger partial charge in [-0.15, -0.1) is 11.8 Å². The van der Waals surface area contributed by atoms with E-state index in [1.165, 1.54) is 5.30 Å². The minimum absolute atomic E-state index is 0.834. The van der Waals surface area contributed by atoms with Crippen LogP contribution < -0.4 is 5.30 Å². The van der Waals surface area contributed by atoms with Crippen molar-refractivity contribution in [2.45, 2.75) is 25.7 Å². The molecule has 0 radical (unpaired) electrons. The molecule has 0 saturated heterocycles. The summed E-state index contributed by atoms with van der Waals surface area (Å²) in [5.74, 6) is 13.1. The van der Waals surface area contributed by atoms with E-state index in [1.54, 1.807) is 0 Å². The third-order valence-electron chi connectivity index (χ3n) is 3.00. The van der Waals surface area contributed by atoms with Crippen molar-refractivity contribution >= 4 is 23.1 Å². The molecule has 1 aromatic carbocycles. The zero-order chi connectivity index (χ0) is 12.7. The van der Waals surface area contributed by atoms with Crippen LogP contribution in [-0.4, -0.2) is 12.3 Å². The highest BCUT2D eigenvalue weighted by atomic mass is 32.4. The molecular weight excluding hydrogens is 255 g/mol. The standard InChI is InChI=1S/C16H17PS/c18-17(16-12-8-7-9-13-16)14-10-5-3-1-2-4-6-11-15-17/h7-9,12-13H,1-4,14-15H2. The first-order valence-electron chi connectivity index (χ1n) is 6.36. The zero-order valence-corrected chi connectivity index (χ0v) is 12.2. The van der Waals surface area contributed by atoms with Gasteiger partial charge in [0.1, 0.15) is 0 Å². The summed E-state index contributed by atoms with van der Waals surface area (Å²) in [5.41, 5.74) is 0. The van der Waals surface area contributed by atoms with Crippen LogP contribution in [0.15, 0.2) is 30.3 Å². The van der Waals surface area contributed by atoms with E-state index in [-0.39, 0.29) is 0 Å². The molecule has 18 heavy (non-hydrogen) atoms. The highest BCUT2D eigenvalue weighted by Gasteiger charge is 2.17. The van der Waals surface area contributed by atoms with Crippen molar-refractivity contribution < 1.29 is 0 Å². The Labute approximate surface area is 115 Å². The summed E-state index contributed by atoms with van der Waals surface area (Å²) in [7, 11) is 0. The van der Waals surface area contributed by atoms with Crippen LogP contribution in [0.2, 0.25) is 0 Å². The van der Waals surface area contributed by atoms with E-state index in [0.29, 0.717) is 0 Å². The summed E-state index contributed by atoms with van der Waals surface area (Å²) in [6.07, 6.45) is 5.98. The molecule has 0 unspecified atom stereocenters. The molecule has 0 saturated carbocycles. The number of rotatable bonds is 1. The van der Waals surface area contributed by atoms with Gasteiger partial charge in [0, 0.05) is 31.2 Å². The van der Waals surface area contributed by atoms with Gasteiger partial charge in [-0.2, -0.15) is 0 Å². The molecule has 0 fully saturated rings. The average Bonchev–Trinajstić information content (AvgIpc) is 2.46. The molecular formula is C16H17PS. The first-order valence-corrected chi connectivity index (χ1v) is 9.54. The second-order valence-electron chi connectivity index (χ2n) is 4.46. The Hall–Kier alpha value is -1.01. The minimum atomic E-state index is -1.62. The molecule has 1 aliphatic heterocycles. The Morgan fingerprint density at radius 1 is 0.833 bits per heavy atom. The van der Waals surface area contributed by atoms with Gasteiger partial charge in [0.05, 0.1) is 0 Å². The molecule has 0 spiro atoms. The quantitative estimate of drug-likeness (QED) is 0.558. The lowest BCUT2D eigenvalue weighted by molar-refractivity contribution is 0.782. The van der Waals surface area contributed by atoms with Gasteiger partial charge in [0.15, 0.2) is 0 Å². The van der Waals surface area contributed by atoms with Gasteiger partial charge in [-0.3, -0.25) is 0 Å². The normalized spacial score (nSPS) is 18.4. The number of benzene rings is 1. The molecule has 1 aromatic rings. The van der Waals surface area contributed by atoms with Gasteiger partial charge in [-0.05, 0) is 18.1 Å². The Balaban J connectivity index is 2.28. The lowest BCUT2D eigenvalue weighted by Gasteiger charge is -2.17. The van der Waals surface area contributed by atoms with Gasteiger partial charge >= 0.3 is 0 Å². The van der Waals surface area contributed by atoms with Gasteiger partial charge < -0.3 is 0 Å². The summed E-state index contributed by atoms with van der Waals surface area (Å²) in [5, 5.41) is 1.28. The molecule has 0 amide bonds. The highest BCUT2D eigenvalue weighted by molar-refractivity contribution is 8.18. The Morgan fingerprint density at radius 2 is 1.39 bits per heavy atom. The molecule has 1 aliphatic rings. The summed E-state index contributed by atoms with van der Waals surface area (Å²) >= 11 is 5.92. The zero-order valence-electron chi connectivity index (χ0n) is 10.5. The fourth-order valence-electron chi connectivity index (χ4n) is 1.91. The van der Waals surface area contributed by atoms with E-state index >= 15 is 0 Å². The van der Waals surface area contributed by atoms with Crippen molar-refractivity contribution in [3.63, 3.8) is 0 Å². The van der Waals surface area contributed by atoms with Gasteiger partial charge in [0.25, 0.3) is 0 Å². The molecule has 0 N–H and O–H groups in total. The molecule has 0 aromatic heterocycles. The third kappa shape index (κ3) is 3.74. The first kappa shape index (κ1) is 13.4. The monoisotopic (exact) mass is 272 g/mol. The van der Waals surface area contributed by atoms with E-state index in [2.05, 4.69) is 47.9 Å². The average molecular weight is 272 g/mol. The predicted octanol–water partition coefficient (Wildman–Crippen LogP) is 3.37. The first-order chi connectivity index (χ1) is 8.81. The summed E-state index contributed by atoms with van der Waals surface area (Å²) in [4.78, 5) is 0. The van der Waals surface area contributed by atoms with Crippen molar-refractivity contribution in [3.8, 4) is 23.7 Å². The van der Waals surface area contributed by atoms with Crippen LogP contribution in [-0.2, 0) is 11.8 Å². The summed E-state index contributed by atoms with van der Waals surface area (Å²) in [6.45, 7) is 0. The number of hydrogen-bond acceptors (Lipinski definition) is 1. The molecule has 2 heteroatoms. The van der Waals surface area contributed by atoms with Gasteiger partial charge in [0.2, 0.25) is 0 Å². The minimum Gasteiger partial charge on any atom is -0.103 e. The van der Waals surface area contributed by atoms with Crippen molar-refractivity contribution in [3.05, 3.63) is 30.3 Å². The van der Waals surface area contributed by atoms with Crippen molar-refractivity contribution in [2.24, 2.45) is 0 Å². The fraction of sp³-hybridized carbons (Fsp3) is 0.375. The van der Waals surface area contributed by atoms with E-state index in [4.69, 9.17) is 11.8 Å². The van der Waals surface area contributed by atoms with E-state index in [9.17, 15) is 0 Å². The maximum Gasteiger partial charge on any atom is 0.0428 e. The predicted molar refractivity (Wildman–Crippen MR) is 84.1 cm³/mol. The van der Waals surface area contributed by atoms with Crippen molar-refractivity contribution in [2.75, 3.05) is 12.3 Å². The van der Waals surface area contributed by atoms with Crippen molar-refractivity contribution in [1.29, 1.82) is 0 Å².